The first kappa shape index (κ1) is 14.7. The van der Waals surface area contributed by atoms with Crippen molar-refractivity contribution in [1.82, 2.24) is 15.2 Å². The molecule has 1 fully saturated rings. The van der Waals surface area contributed by atoms with Crippen molar-refractivity contribution in [2.24, 2.45) is 0 Å². The molecule has 1 aromatic rings. The fraction of sp³-hybridized carbons (Fsp3) is 0.417. The van der Waals surface area contributed by atoms with E-state index in [-0.39, 0.29) is 23.0 Å². The Labute approximate surface area is 120 Å². The van der Waals surface area contributed by atoms with E-state index in [1.54, 1.807) is 6.92 Å². The third-order valence-corrected chi connectivity index (χ3v) is 3.32. The SMILES string of the molecule is CCC1C(=O)NCCN1C(=O)c1cc([N+](=O)[O-])cnc1N. The maximum Gasteiger partial charge on any atom is 0.288 e. The van der Waals surface area contributed by atoms with Crippen LogP contribution in [0.2, 0.25) is 0 Å². The smallest absolute Gasteiger partial charge is 0.288 e. The normalized spacial score (nSPS) is 18.2. The Hall–Kier alpha value is -2.71. The van der Waals surface area contributed by atoms with Crippen molar-refractivity contribution in [2.45, 2.75) is 19.4 Å². The summed E-state index contributed by atoms with van der Waals surface area (Å²) in [6.45, 7) is 2.44. The molecule has 1 saturated heterocycles. The summed E-state index contributed by atoms with van der Waals surface area (Å²) >= 11 is 0. The van der Waals surface area contributed by atoms with Gasteiger partial charge in [0.2, 0.25) is 5.91 Å². The topological polar surface area (TPSA) is 131 Å². The van der Waals surface area contributed by atoms with Gasteiger partial charge in [0, 0.05) is 19.2 Å². The molecule has 2 amide bonds. The minimum Gasteiger partial charge on any atom is -0.383 e. The summed E-state index contributed by atoms with van der Waals surface area (Å²) in [4.78, 5) is 39.5. The average molecular weight is 293 g/mol. The molecule has 0 aromatic carbocycles. The third kappa shape index (κ3) is 2.76. The number of aromatic nitrogens is 1. The van der Waals surface area contributed by atoms with Gasteiger partial charge in [-0.15, -0.1) is 0 Å². The number of carbonyl (C=O) groups is 2. The number of nitro groups is 1. The molecule has 0 aliphatic carbocycles. The zero-order valence-electron chi connectivity index (χ0n) is 11.4. The van der Waals surface area contributed by atoms with Crippen molar-refractivity contribution in [3.8, 4) is 0 Å². The monoisotopic (exact) mass is 293 g/mol. The van der Waals surface area contributed by atoms with Gasteiger partial charge in [0.15, 0.2) is 0 Å². The van der Waals surface area contributed by atoms with Crippen LogP contribution in [0.15, 0.2) is 12.3 Å². The number of nitrogens with one attached hydrogen (secondary N) is 1. The Kier molecular flexibility index (Phi) is 4.01. The Bertz CT molecular complexity index is 603. The highest BCUT2D eigenvalue weighted by atomic mass is 16.6. The van der Waals surface area contributed by atoms with E-state index in [4.69, 9.17) is 5.73 Å². The molecular weight excluding hydrogens is 278 g/mol. The molecular formula is C12H15N5O4. The number of nitrogens with two attached hydrogens (primary N) is 1. The maximum atomic E-state index is 12.5. The molecule has 1 aromatic heterocycles. The number of nitrogens with zero attached hydrogens (tertiary/aromatic N) is 3. The summed E-state index contributed by atoms with van der Waals surface area (Å²) in [7, 11) is 0. The lowest BCUT2D eigenvalue weighted by Crippen LogP contribution is -2.57. The molecule has 0 bridgehead atoms. The highest BCUT2D eigenvalue weighted by molar-refractivity contribution is 6.01. The second-order valence-electron chi connectivity index (χ2n) is 4.60. The lowest BCUT2D eigenvalue weighted by molar-refractivity contribution is -0.385. The Morgan fingerprint density at radius 3 is 3.00 bits per heavy atom. The molecule has 3 N–H and O–H groups in total. The van der Waals surface area contributed by atoms with E-state index >= 15 is 0 Å². The van der Waals surface area contributed by atoms with E-state index in [0.717, 1.165) is 12.3 Å². The summed E-state index contributed by atoms with van der Waals surface area (Å²) in [5.74, 6) is -0.856. The molecule has 2 heterocycles. The first-order chi connectivity index (χ1) is 9.95. The first-order valence-corrected chi connectivity index (χ1v) is 6.44. The predicted octanol–water partition coefficient (Wildman–Crippen LogP) is -0.0774. The quantitative estimate of drug-likeness (QED) is 0.592. The zero-order valence-corrected chi connectivity index (χ0v) is 11.4. The van der Waals surface area contributed by atoms with Crippen LogP contribution in [-0.2, 0) is 4.79 Å². The van der Waals surface area contributed by atoms with Gasteiger partial charge in [0.05, 0.1) is 10.5 Å². The van der Waals surface area contributed by atoms with Crippen LogP contribution in [0.1, 0.15) is 23.7 Å². The van der Waals surface area contributed by atoms with E-state index in [1.165, 1.54) is 4.90 Å². The summed E-state index contributed by atoms with van der Waals surface area (Å²) in [5.41, 5.74) is 5.26. The summed E-state index contributed by atoms with van der Waals surface area (Å²) in [5, 5.41) is 13.4. The van der Waals surface area contributed by atoms with E-state index < -0.39 is 16.9 Å². The number of pyridine rings is 1. The van der Waals surface area contributed by atoms with Gasteiger partial charge in [0.25, 0.3) is 11.6 Å². The molecule has 1 aliphatic rings. The second-order valence-corrected chi connectivity index (χ2v) is 4.60. The molecule has 1 unspecified atom stereocenters. The first-order valence-electron chi connectivity index (χ1n) is 6.44. The van der Waals surface area contributed by atoms with Crippen LogP contribution >= 0.6 is 0 Å². The Morgan fingerprint density at radius 1 is 1.67 bits per heavy atom. The third-order valence-electron chi connectivity index (χ3n) is 3.32. The molecule has 21 heavy (non-hydrogen) atoms. The van der Waals surface area contributed by atoms with Crippen molar-refractivity contribution < 1.29 is 14.5 Å². The summed E-state index contributed by atoms with van der Waals surface area (Å²) in [6.07, 6.45) is 1.44. The van der Waals surface area contributed by atoms with Crippen molar-refractivity contribution >= 4 is 23.3 Å². The summed E-state index contributed by atoms with van der Waals surface area (Å²) < 4.78 is 0. The van der Waals surface area contributed by atoms with Crippen LogP contribution in [0.3, 0.4) is 0 Å². The Balaban J connectivity index is 2.36. The largest absolute Gasteiger partial charge is 0.383 e. The molecule has 0 spiro atoms. The van der Waals surface area contributed by atoms with Gasteiger partial charge in [-0.2, -0.15) is 0 Å². The number of amides is 2. The Morgan fingerprint density at radius 2 is 2.38 bits per heavy atom. The van der Waals surface area contributed by atoms with Crippen LogP contribution in [0.25, 0.3) is 0 Å². The number of rotatable bonds is 3. The van der Waals surface area contributed by atoms with Crippen LogP contribution in [0.4, 0.5) is 11.5 Å². The van der Waals surface area contributed by atoms with E-state index in [0.29, 0.717) is 19.5 Å². The predicted molar refractivity (Wildman–Crippen MR) is 73.4 cm³/mol. The molecule has 1 atom stereocenters. The van der Waals surface area contributed by atoms with Crippen molar-refractivity contribution in [1.29, 1.82) is 0 Å². The van der Waals surface area contributed by atoms with Crippen molar-refractivity contribution in [3.63, 3.8) is 0 Å². The van der Waals surface area contributed by atoms with Gasteiger partial charge in [-0.1, -0.05) is 6.92 Å². The number of nitrogen functional groups attached to an aromatic ring is 1. The van der Waals surface area contributed by atoms with E-state index in [1.807, 2.05) is 0 Å². The molecule has 9 nitrogen and oxygen atoms in total. The highest BCUT2D eigenvalue weighted by Gasteiger charge is 2.33. The molecule has 112 valence electrons. The van der Waals surface area contributed by atoms with Gasteiger partial charge < -0.3 is 16.0 Å². The molecule has 0 radical (unpaired) electrons. The number of hydrogen-bond acceptors (Lipinski definition) is 6. The fourth-order valence-corrected chi connectivity index (χ4v) is 2.25. The van der Waals surface area contributed by atoms with Gasteiger partial charge >= 0.3 is 0 Å². The van der Waals surface area contributed by atoms with Gasteiger partial charge in [-0.05, 0) is 6.42 Å². The average Bonchev–Trinajstić information content (AvgIpc) is 2.46. The minimum absolute atomic E-state index is 0.0580. The van der Waals surface area contributed by atoms with E-state index in [9.17, 15) is 19.7 Å². The molecule has 9 heteroatoms. The van der Waals surface area contributed by atoms with Crippen LogP contribution in [0, 0.1) is 10.1 Å². The zero-order chi connectivity index (χ0) is 15.6. The molecule has 0 saturated carbocycles. The number of anilines is 1. The minimum atomic E-state index is -0.649. The van der Waals surface area contributed by atoms with Crippen LogP contribution < -0.4 is 11.1 Å². The highest BCUT2D eigenvalue weighted by Crippen LogP contribution is 2.21. The van der Waals surface area contributed by atoms with Gasteiger partial charge in [-0.25, -0.2) is 4.98 Å². The second kappa shape index (κ2) is 5.73. The standard InChI is InChI=1S/C12H15N5O4/c1-2-9-11(18)14-3-4-16(9)12(19)8-5-7(17(20)21)6-15-10(8)13/h5-6,9H,2-4H2,1H3,(H2,13,15)(H,14,18). The van der Waals surface area contributed by atoms with Crippen LogP contribution in [0.5, 0.6) is 0 Å². The number of carbonyl (C=O) groups excluding carboxylic acids is 2. The fourth-order valence-electron chi connectivity index (χ4n) is 2.25. The number of piperazine rings is 1. The maximum absolute atomic E-state index is 12.5. The van der Waals surface area contributed by atoms with Crippen molar-refractivity contribution in [2.75, 3.05) is 18.8 Å². The van der Waals surface area contributed by atoms with E-state index in [2.05, 4.69) is 10.3 Å². The van der Waals surface area contributed by atoms with Crippen LogP contribution in [-0.4, -0.2) is 45.8 Å². The number of hydrogen-bond donors (Lipinski definition) is 2. The van der Waals surface area contributed by atoms with Gasteiger partial charge in [0.1, 0.15) is 18.1 Å². The molecule has 1 aliphatic heterocycles. The lowest BCUT2D eigenvalue weighted by Gasteiger charge is -2.34. The van der Waals surface area contributed by atoms with Crippen molar-refractivity contribution in [3.05, 3.63) is 27.9 Å². The summed E-state index contributed by atoms with van der Waals surface area (Å²) in [6, 6.07) is 0.481. The lowest BCUT2D eigenvalue weighted by atomic mass is 10.1. The van der Waals surface area contributed by atoms with Gasteiger partial charge in [-0.3, -0.25) is 19.7 Å². The molecule has 2 rings (SSSR count).